The predicted octanol–water partition coefficient (Wildman–Crippen LogP) is 8.94. The predicted molar refractivity (Wildman–Crippen MR) is 142 cm³/mol. The van der Waals surface area contributed by atoms with E-state index in [-0.39, 0.29) is 0 Å². The van der Waals surface area contributed by atoms with Gasteiger partial charge in [0, 0.05) is 27.6 Å². The lowest BCUT2D eigenvalue weighted by Gasteiger charge is -2.17. The van der Waals surface area contributed by atoms with Gasteiger partial charge in [-0.05, 0) is 69.5 Å². The Morgan fingerprint density at radius 3 is 2.18 bits per heavy atom. The Labute approximate surface area is 198 Å². The van der Waals surface area contributed by atoms with Crippen LogP contribution in [0.1, 0.15) is 18.4 Å². The zero-order valence-electron chi connectivity index (χ0n) is 18.2. The molecule has 1 aliphatic carbocycles. The van der Waals surface area contributed by atoms with Crippen molar-refractivity contribution in [3.8, 4) is 11.1 Å². The van der Waals surface area contributed by atoms with E-state index in [9.17, 15) is 0 Å². The van der Waals surface area contributed by atoms with Gasteiger partial charge in [-0.1, -0.05) is 96.7 Å². The summed E-state index contributed by atoms with van der Waals surface area (Å²) < 4.78 is 0. The van der Waals surface area contributed by atoms with Crippen molar-refractivity contribution in [1.29, 1.82) is 0 Å². The summed E-state index contributed by atoms with van der Waals surface area (Å²) in [7, 11) is 0. The van der Waals surface area contributed by atoms with Crippen molar-refractivity contribution in [2.45, 2.75) is 22.6 Å². The maximum absolute atomic E-state index is 4.52. The first-order chi connectivity index (χ1) is 16.4. The van der Waals surface area contributed by atoms with Crippen LogP contribution in [-0.4, -0.2) is 4.98 Å². The van der Waals surface area contributed by atoms with Gasteiger partial charge in [-0.2, -0.15) is 0 Å². The zero-order valence-corrected chi connectivity index (χ0v) is 19.1. The highest BCUT2D eigenvalue weighted by Crippen LogP contribution is 2.45. The lowest BCUT2D eigenvalue weighted by atomic mass is 9.91. The highest BCUT2D eigenvalue weighted by molar-refractivity contribution is 7.99. The van der Waals surface area contributed by atoms with Crippen molar-refractivity contribution in [2.24, 2.45) is 0 Å². The third-order valence-electron chi connectivity index (χ3n) is 6.30. The van der Waals surface area contributed by atoms with Crippen molar-refractivity contribution in [3.05, 3.63) is 121 Å². The summed E-state index contributed by atoms with van der Waals surface area (Å²) in [5.74, 6) is 0. The number of pyridine rings is 1. The molecule has 5 aromatic rings. The topological polar surface area (TPSA) is 12.9 Å². The smallest absolute Gasteiger partial charge is 0.0353 e. The first-order valence-corrected chi connectivity index (χ1v) is 12.2. The minimum absolute atomic E-state index is 1.11. The number of fused-ring (bicyclic) bond motifs is 2. The maximum atomic E-state index is 4.52. The van der Waals surface area contributed by atoms with Gasteiger partial charge in [-0.15, -0.1) is 0 Å². The third-order valence-corrected chi connectivity index (χ3v) is 7.45. The van der Waals surface area contributed by atoms with Crippen molar-refractivity contribution >= 4 is 38.9 Å². The average molecular weight is 442 g/mol. The summed E-state index contributed by atoms with van der Waals surface area (Å²) in [5.41, 5.74) is 5.22. The van der Waals surface area contributed by atoms with Crippen LogP contribution < -0.4 is 0 Å². The van der Waals surface area contributed by atoms with E-state index in [0.717, 1.165) is 12.8 Å². The molecule has 0 atom stereocenters. The third kappa shape index (κ3) is 3.77. The van der Waals surface area contributed by atoms with Crippen LogP contribution in [0.3, 0.4) is 0 Å². The van der Waals surface area contributed by atoms with Gasteiger partial charge >= 0.3 is 0 Å². The summed E-state index contributed by atoms with van der Waals surface area (Å²) >= 11 is 1.83. The molecule has 6 rings (SSSR count). The molecule has 0 spiro atoms. The Morgan fingerprint density at radius 2 is 1.39 bits per heavy atom. The standard InChI is InChI=1S/C31H23NS/c1-3-9-22(10-4-1)23-15-17-24(18-16-23)30-26-13-7-8-14-27(26)31(28-19-20-32-21-29(28)30)33-25-11-5-2-6-12-25/h1-3,5-9,11-21H,4,10H2. The molecule has 0 bridgehead atoms. The van der Waals surface area contributed by atoms with Crippen LogP contribution in [-0.2, 0) is 0 Å². The highest BCUT2D eigenvalue weighted by atomic mass is 32.2. The van der Waals surface area contributed by atoms with Gasteiger partial charge < -0.3 is 0 Å². The molecule has 0 saturated carbocycles. The van der Waals surface area contributed by atoms with E-state index in [2.05, 4.69) is 108 Å². The lowest BCUT2D eigenvalue weighted by Crippen LogP contribution is -1.91. The maximum Gasteiger partial charge on any atom is 0.0353 e. The Bertz CT molecular complexity index is 1460. The first kappa shape index (κ1) is 20.0. The summed E-state index contributed by atoms with van der Waals surface area (Å²) in [4.78, 5) is 7.05. The average Bonchev–Trinajstić information content (AvgIpc) is 2.90. The molecule has 1 heterocycles. The van der Waals surface area contributed by atoms with Crippen LogP contribution in [0, 0.1) is 0 Å². The largest absolute Gasteiger partial charge is 0.264 e. The normalized spacial score (nSPS) is 13.4. The second-order valence-corrected chi connectivity index (χ2v) is 9.41. The molecular weight excluding hydrogens is 418 g/mol. The van der Waals surface area contributed by atoms with E-state index in [1.807, 2.05) is 24.2 Å². The fourth-order valence-corrected chi connectivity index (χ4v) is 5.81. The van der Waals surface area contributed by atoms with Gasteiger partial charge in [-0.3, -0.25) is 4.98 Å². The second kappa shape index (κ2) is 8.73. The van der Waals surface area contributed by atoms with Gasteiger partial charge in [0.05, 0.1) is 0 Å². The summed E-state index contributed by atoms with van der Waals surface area (Å²) in [5, 5.41) is 4.99. The summed E-state index contributed by atoms with van der Waals surface area (Å²) in [6.07, 6.45) is 12.8. The number of aromatic nitrogens is 1. The van der Waals surface area contributed by atoms with Gasteiger partial charge in [0.25, 0.3) is 0 Å². The van der Waals surface area contributed by atoms with E-state index in [4.69, 9.17) is 0 Å². The summed E-state index contributed by atoms with van der Waals surface area (Å²) in [6.45, 7) is 0. The minimum Gasteiger partial charge on any atom is -0.264 e. The highest BCUT2D eigenvalue weighted by Gasteiger charge is 2.16. The van der Waals surface area contributed by atoms with E-state index in [1.165, 1.54) is 53.6 Å². The minimum atomic E-state index is 1.11. The van der Waals surface area contributed by atoms with Gasteiger partial charge in [0.1, 0.15) is 0 Å². The van der Waals surface area contributed by atoms with Crippen LogP contribution in [0.5, 0.6) is 0 Å². The molecule has 0 aliphatic heterocycles. The molecule has 0 saturated heterocycles. The van der Waals surface area contributed by atoms with Gasteiger partial charge in [0.2, 0.25) is 0 Å². The molecule has 1 aromatic heterocycles. The Balaban J connectivity index is 1.56. The number of hydrogen-bond donors (Lipinski definition) is 0. The molecule has 1 nitrogen and oxygen atoms in total. The monoisotopic (exact) mass is 441 g/mol. The van der Waals surface area contributed by atoms with E-state index in [1.54, 1.807) is 0 Å². The molecule has 2 heteroatoms. The van der Waals surface area contributed by atoms with Crippen LogP contribution >= 0.6 is 11.8 Å². The fourth-order valence-electron chi connectivity index (χ4n) is 4.70. The van der Waals surface area contributed by atoms with Crippen molar-refractivity contribution in [2.75, 3.05) is 0 Å². The number of allylic oxidation sites excluding steroid dienone is 4. The molecule has 0 fully saturated rings. The molecule has 0 N–H and O–H groups in total. The molecule has 4 aromatic carbocycles. The number of hydrogen-bond acceptors (Lipinski definition) is 2. The van der Waals surface area contributed by atoms with Gasteiger partial charge in [-0.25, -0.2) is 0 Å². The molecular formula is C31H23NS. The molecule has 0 unspecified atom stereocenters. The SMILES string of the molecule is C1=CCCC(c2ccc(-c3c4ccccc4c(Sc4ccccc4)c4ccncc34)cc2)=C1. The second-order valence-electron chi connectivity index (χ2n) is 8.32. The van der Waals surface area contributed by atoms with Crippen LogP contribution in [0.25, 0.3) is 38.2 Å². The lowest BCUT2D eigenvalue weighted by molar-refractivity contribution is 1.05. The first-order valence-electron chi connectivity index (χ1n) is 11.4. The van der Waals surface area contributed by atoms with Gasteiger partial charge in [0.15, 0.2) is 0 Å². The van der Waals surface area contributed by atoms with E-state index >= 15 is 0 Å². The van der Waals surface area contributed by atoms with E-state index < -0.39 is 0 Å². The molecule has 158 valence electrons. The summed E-state index contributed by atoms with van der Waals surface area (Å²) in [6, 6.07) is 30.6. The fraction of sp³-hybridized carbons (Fsp3) is 0.0645. The quantitative estimate of drug-likeness (QED) is 0.258. The number of rotatable bonds is 4. The Hall–Kier alpha value is -3.62. The Morgan fingerprint density at radius 1 is 0.667 bits per heavy atom. The van der Waals surface area contributed by atoms with Crippen LogP contribution in [0.2, 0.25) is 0 Å². The molecule has 0 radical (unpaired) electrons. The molecule has 33 heavy (non-hydrogen) atoms. The number of benzene rings is 4. The van der Waals surface area contributed by atoms with Crippen LogP contribution in [0.4, 0.5) is 0 Å². The van der Waals surface area contributed by atoms with Crippen molar-refractivity contribution < 1.29 is 0 Å². The van der Waals surface area contributed by atoms with E-state index in [0.29, 0.717) is 0 Å². The molecule has 0 amide bonds. The van der Waals surface area contributed by atoms with Crippen LogP contribution in [0.15, 0.2) is 125 Å². The van der Waals surface area contributed by atoms with Crippen molar-refractivity contribution in [3.63, 3.8) is 0 Å². The molecule has 1 aliphatic rings. The van der Waals surface area contributed by atoms with Crippen molar-refractivity contribution in [1.82, 2.24) is 4.98 Å². The zero-order chi connectivity index (χ0) is 22.0. The Kier molecular flexibility index (Phi) is 5.29. The number of nitrogens with zero attached hydrogens (tertiary/aromatic N) is 1.